The van der Waals surface area contributed by atoms with Crippen molar-refractivity contribution in [3.63, 3.8) is 0 Å². The number of benzene rings is 1. The van der Waals surface area contributed by atoms with Crippen molar-refractivity contribution in [1.82, 2.24) is 14.5 Å². The Hall–Kier alpha value is -3.41. The van der Waals surface area contributed by atoms with Gasteiger partial charge in [-0.3, -0.25) is 9.59 Å². The van der Waals surface area contributed by atoms with E-state index in [2.05, 4.69) is 12.2 Å². The number of amides is 2. The van der Waals surface area contributed by atoms with Gasteiger partial charge in [0, 0.05) is 48.6 Å². The molecular formula is C25H28N4O2. The maximum atomic E-state index is 13.0. The zero-order chi connectivity index (χ0) is 21.8. The van der Waals surface area contributed by atoms with E-state index in [0.29, 0.717) is 11.7 Å². The number of hydrogen-bond donors (Lipinski definition) is 1. The Morgan fingerprint density at radius 2 is 2.06 bits per heavy atom. The number of carbonyl (C=O) groups excluding carboxylic acids is 2. The number of rotatable bonds is 5. The smallest absolute Gasteiger partial charge is 0.246 e. The number of pyridine rings is 1. The van der Waals surface area contributed by atoms with Crippen LogP contribution < -0.4 is 5.32 Å². The molecule has 0 aliphatic carbocycles. The van der Waals surface area contributed by atoms with E-state index in [4.69, 9.17) is 5.10 Å². The van der Waals surface area contributed by atoms with Crippen LogP contribution in [0, 0.1) is 0 Å². The lowest BCUT2D eigenvalue weighted by molar-refractivity contribution is -0.129. The first-order chi connectivity index (χ1) is 15.1. The number of carbonyl (C=O) groups is 2. The number of aromatic nitrogens is 2. The number of likely N-dealkylation sites (tertiary alicyclic amines) is 1. The normalized spacial score (nSPS) is 16.7. The Morgan fingerprint density at radius 3 is 2.87 bits per heavy atom. The molecule has 31 heavy (non-hydrogen) atoms. The maximum absolute atomic E-state index is 13.0. The quantitative estimate of drug-likeness (QED) is 0.610. The van der Waals surface area contributed by atoms with Gasteiger partial charge >= 0.3 is 0 Å². The lowest BCUT2D eigenvalue weighted by Crippen LogP contribution is -2.42. The molecule has 3 aromatic rings. The van der Waals surface area contributed by atoms with Crippen molar-refractivity contribution < 1.29 is 9.59 Å². The van der Waals surface area contributed by atoms with Crippen LogP contribution >= 0.6 is 0 Å². The van der Waals surface area contributed by atoms with Gasteiger partial charge in [0.25, 0.3) is 0 Å². The van der Waals surface area contributed by atoms with E-state index in [1.807, 2.05) is 64.2 Å². The number of nitrogens with one attached hydrogen (secondary N) is 1. The third-order valence-corrected chi connectivity index (χ3v) is 5.81. The molecule has 4 rings (SSSR count). The van der Waals surface area contributed by atoms with E-state index in [0.717, 1.165) is 48.1 Å². The van der Waals surface area contributed by atoms with Gasteiger partial charge < -0.3 is 10.2 Å². The first-order valence-corrected chi connectivity index (χ1v) is 10.9. The summed E-state index contributed by atoms with van der Waals surface area (Å²) in [6.45, 7) is 4.45. The van der Waals surface area contributed by atoms with Gasteiger partial charge in [-0.1, -0.05) is 25.1 Å². The van der Waals surface area contributed by atoms with Crippen LogP contribution in [0.5, 0.6) is 0 Å². The minimum atomic E-state index is -0.120. The van der Waals surface area contributed by atoms with Gasteiger partial charge in [-0.05, 0) is 56.0 Å². The average molecular weight is 417 g/mol. The molecule has 0 saturated carbocycles. The highest BCUT2D eigenvalue weighted by Gasteiger charge is 2.24. The third-order valence-electron chi connectivity index (χ3n) is 5.81. The molecule has 1 saturated heterocycles. The van der Waals surface area contributed by atoms with Crippen LogP contribution in [0.3, 0.4) is 0 Å². The van der Waals surface area contributed by atoms with Crippen molar-refractivity contribution in [2.45, 2.75) is 45.6 Å². The second-order valence-electron chi connectivity index (χ2n) is 7.98. The van der Waals surface area contributed by atoms with Crippen LogP contribution in [-0.4, -0.2) is 38.9 Å². The van der Waals surface area contributed by atoms with Gasteiger partial charge in [-0.2, -0.15) is 5.10 Å². The van der Waals surface area contributed by atoms with Gasteiger partial charge in [-0.15, -0.1) is 0 Å². The zero-order valence-electron chi connectivity index (χ0n) is 18.0. The van der Waals surface area contributed by atoms with E-state index in [1.165, 1.54) is 13.3 Å². The van der Waals surface area contributed by atoms with Crippen LogP contribution in [0.15, 0.2) is 54.7 Å². The number of piperidine rings is 1. The molecule has 0 spiro atoms. The molecular weight excluding hydrogens is 388 g/mol. The molecule has 160 valence electrons. The van der Waals surface area contributed by atoms with Crippen molar-refractivity contribution in [3.8, 4) is 11.3 Å². The highest BCUT2D eigenvalue weighted by Crippen LogP contribution is 2.29. The fourth-order valence-corrected chi connectivity index (χ4v) is 4.31. The fraction of sp³-hybridized carbons (Fsp3) is 0.320. The first kappa shape index (κ1) is 20.8. The molecule has 3 heterocycles. The molecule has 0 radical (unpaired) electrons. The van der Waals surface area contributed by atoms with Crippen molar-refractivity contribution in [2.75, 3.05) is 11.9 Å². The van der Waals surface area contributed by atoms with E-state index in [-0.39, 0.29) is 11.8 Å². The highest BCUT2D eigenvalue weighted by atomic mass is 16.2. The summed E-state index contributed by atoms with van der Waals surface area (Å²) in [4.78, 5) is 26.5. The molecule has 6 heteroatoms. The fourth-order valence-electron chi connectivity index (χ4n) is 4.31. The third kappa shape index (κ3) is 4.53. The van der Waals surface area contributed by atoms with Gasteiger partial charge in [0.15, 0.2) is 0 Å². The van der Waals surface area contributed by atoms with Crippen LogP contribution in [-0.2, 0) is 9.59 Å². The van der Waals surface area contributed by atoms with Gasteiger partial charge in [0.05, 0.1) is 5.52 Å². The van der Waals surface area contributed by atoms with Crippen LogP contribution in [0.4, 0.5) is 5.69 Å². The molecule has 2 aromatic heterocycles. The Morgan fingerprint density at radius 1 is 1.19 bits per heavy atom. The average Bonchev–Trinajstić information content (AvgIpc) is 3.16. The summed E-state index contributed by atoms with van der Waals surface area (Å²) in [7, 11) is 0. The Balaban J connectivity index is 1.71. The molecule has 1 atom stereocenters. The molecule has 1 fully saturated rings. The molecule has 2 amide bonds. The second-order valence-corrected chi connectivity index (χ2v) is 7.98. The van der Waals surface area contributed by atoms with Gasteiger partial charge in [0.2, 0.25) is 11.8 Å². The minimum absolute atomic E-state index is 0.0554. The minimum Gasteiger partial charge on any atom is -0.336 e. The number of fused-ring (bicyclic) bond motifs is 1. The van der Waals surface area contributed by atoms with E-state index in [9.17, 15) is 9.59 Å². The number of anilines is 1. The Kier molecular flexibility index (Phi) is 6.16. The van der Waals surface area contributed by atoms with E-state index >= 15 is 0 Å². The maximum Gasteiger partial charge on any atom is 0.246 e. The molecule has 0 bridgehead atoms. The lowest BCUT2D eigenvalue weighted by atomic mass is 9.99. The van der Waals surface area contributed by atoms with Crippen molar-refractivity contribution in [2.24, 2.45) is 0 Å². The standard InChI is InChI=1S/C25H28N4O2/c1-3-21-11-4-6-15-28(21)24(31)14-13-22-23-12-5-7-16-29(23)27-25(22)19-9-8-10-20(17-19)26-18(2)30/h5,7-10,12-14,16-17,21H,3-4,6,11,15H2,1-2H3,(H,26,30). The Labute approximate surface area is 182 Å². The summed E-state index contributed by atoms with van der Waals surface area (Å²) in [5.41, 5.74) is 4.18. The first-order valence-electron chi connectivity index (χ1n) is 10.9. The summed E-state index contributed by atoms with van der Waals surface area (Å²) in [6, 6.07) is 13.8. The summed E-state index contributed by atoms with van der Waals surface area (Å²) < 4.78 is 1.82. The van der Waals surface area contributed by atoms with E-state index < -0.39 is 0 Å². The SMILES string of the molecule is CCC1CCCCN1C(=O)C=Cc1c(-c2cccc(NC(C)=O)c2)nn2ccccc12. The predicted molar refractivity (Wildman–Crippen MR) is 124 cm³/mol. The summed E-state index contributed by atoms with van der Waals surface area (Å²) >= 11 is 0. The van der Waals surface area contributed by atoms with E-state index in [1.54, 1.807) is 6.08 Å². The van der Waals surface area contributed by atoms with Crippen molar-refractivity contribution in [3.05, 3.63) is 60.3 Å². The van der Waals surface area contributed by atoms with Crippen LogP contribution in [0.25, 0.3) is 22.9 Å². The monoisotopic (exact) mass is 416 g/mol. The second kappa shape index (κ2) is 9.16. The molecule has 1 aromatic carbocycles. The van der Waals surface area contributed by atoms with Gasteiger partial charge in [0.1, 0.15) is 5.69 Å². The summed E-state index contributed by atoms with van der Waals surface area (Å²) in [5.74, 6) is -0.0651. The topological polar surface area (TPSA) is 66.7 Å². The highest BCUT2D eigenvalue weighted by molar-refractivity contribution is 5.96. The number of hydrogen-bond acceptors (Lipinski definition) is 3. The number of nitrogens with zero attached hydrogens (tertiary/aromatic N) is 3. The summed E-state index contributed by atoms with van der Waals surface area (Å²) in [5, 5.41) is 7.57. The van der Waals surface area contributed by atoms with Crippen LogP contribution in [0.1, 0.15) is 45.1 Å². The molecule has 1 N–H and O–H groups in total. The largest absolute Gasteiger partial charge is 0.336 e. The van der Waals surface area contributed by atoms with Gasteiger partial charge in [-0.25, -0.2) is 4.52 Å². The van der Waals surface area contributed by atoms with Crippen molar-refractivity contribution >= 4 is 29.1 Å². The summed E-state index contributed by atoms with van der Waals surface area (Å²) in [6.07, 6.45) is 9.77. The predicted octanol–water partition coefficient (Wildman–Crippen LogP) is 4.76. The Bertz CT molecular complexity index is 1130. The van der Waals surface area contributed by atoms with Crippen molar-refractivity contribution in [1.29, 1.82) is 0 Å². The molecule has 1 aliphatic rings. The van der Waals surface area contributed by atoms with Crippen LogP contribution in [0.2, 0.25) is 0 Å². The zero-order valence-corrected chi connectivity index (χ0v) is 18.0. The molecule has 6 nitrogen and oxygen atoms in total. The lowest BCUT2D eigenvalue weighted by Gasteiger charge is -2.34. The molecule has 1 unspecified atom stereocenters. The molecule has 1 aliphatic heterocycles.